The molecule has 0 spiro atoms. The van der Waals surface area contributed by atoms with E-state index < -0.39 is 5.60 Å². The van der Waals surface area contributed by atoms with Crippen molar-refractivity contribution in [2.75, 3.05) is 11.9 Å². The minimum absolute atomic E-state index is 0.545. The molecule has 0 unspecified atom stereocenters. The van der Waals surface area contributed by atoms with Crippen molar-refractivity contribution in [2.24, 2.45) is 0 Å². The van der Waals surface area contributed by atoms with Gasteiger partial charge in [0.2, 0.25) is 0 Å². The third kappa shape index (κ3) is 2.53. The summed E-state index contributed by atoms with van der Waals surface area (Å²) < 4.78 is 1.83. The van der Waals surface area contributed by atoms with Gasteiger partial charge >= 0.3 is 0 Å². The van der Waals surface area contributed by atoms with E-state index in [4.69, 9.17) is 0 Å². The van der Waals surface area contributed by atoms with Crippen molar-refractivity contribution >= 4 is 11.5 Å². The van der Waals surface area contributed by atoms with Crippen molar-refractivity contribution in [1.82, 2.24) is 19.6 Å². The Hall–Kier alpha value is -1.69. The summed E-state index contributed by atoms with van der Waals surface area (Å²) in [5, 5.41) is 21.6. The molecule has 0 bridgehead atoms. The first-order valence-electron chi connectivity index (χ1n) is 6.80. The minimum Gasteiger partial charge on any atom is -0.388 e. The number of hydrogen-bond acceptors (Lipinski definition) is 5. The Morgan fingerprint density at radius 2 is 2.16 bits per heavy atom. The quantitative estimate of drug-likeness (QED) is 0.876. The molecule has 0 amide bonds. The molecule has 0 radical (unpaired) electrons. The first kappa shape index (κ1) is 12.3. The Labute approximate surface area is 111 Å². The predicted molar refractivity (Wildman–Crippen MR) is 72.0 cm³/mol. The maximum atomic E-state index is 10.5. The molecule has 6 heteroatoms. The number of aliphatic hydroxyl groups is 1. The lowest BCUT2D eigenvalue weighted by Gasteiger charge is -2.32. The topological polar surface area (TPSA) is 75.3 Å². The summed E-state index contributed by atoms with van der Waals surface area (Å²) in [4.78, 5) is 4.45. The lowest BCUT2D eigenvalue weighted by atomic mass is 9.85. The van der Waals surface area contributed by atoms with Gasteiger partial charge in [0, 0.05) is 12.6 Å². The van der Waals surface area contributed by atoms with Crippen LogP contribution in [0.25, 0.3) is 5.65 Å². The van der Waals surface area contributed by atoms with Gasteiger partial charge in [0.05, 0.1) is 5.60 Å². The van der Waals surface area contributed by atoms with E-state index in [-0.39, 0.29) is 0 Å². The number of nitrogens with zero attached hydrogens (tertiary/aromatic N) is 4. The molecule has 2 N–H and O–H groups in total. The van der Waals surface area contributed by atoms with Gasteiger partial charge in [0.1, 0.15) is 18.0 Å². The van der Waals surface area contributed by atoms with E-state index in [1.807, 2.05) is 17.4 Å². The van der Waals surface area contributed by atoms with Crippen LogP contribution in [-0.2, 0) is 0 Å². The maximum Gasteiger partial charge on any atom is 0.165 e. The summed E-state index contributed by atoms with van der Waals surface area (Å²) in [5.41, 5.74) is 0.179. The van der Waals surface area contributed by atoms with Crippen molar-refractivity contribution in [3.8, 4) is 0 Å². The van der Waals surface area contributed by atoms with Crippen LogP contribution in [0.1, 0.15) is 37.9 Å². The summed E-state index contributed by atoms with van der Waals surface area (Å²) in [7, 11) is 0. The highest BCUT2D eigenvalue weighted by Gasteiger charge is 2.28. The summed E-state index contributed by atoms with van der Waals surface area (Å²) in [6, 6.07) is 1.85. The molecular formula is C13H19N5O. The number of rotatable bonds is 3. The third-order valence-electron chi connectivity index (χ3n) is 3.85. The van der Waals surface area contributed by atoms with E-state index >= 15 is 0 Å². The fraction of sp³-hybridized carbons (Fsp3) is 0.615. The molecule has 102 valence electrons. The van der Waals surface area contributed by atoms with Gasteiger partial charge in [-0.15, -0.1) is 10.2 Å². The van der Waals surface area contributed by atoms with Crippen LogP contribution >= 0.6 is 0 Å². The zero-order valence-corrected chi connectivity index (χ0v) is 11.1. The molecule has 3 rings (SSSR count). The van der Waals surface area contributed by atoms with Gasteiger partial charge in [-0.2, -0.15) is 0 Å². The van der Waals surface area contributed by atoms with E-state index in [1.54, 1.807) is 6.33 Å². The number of nitrogens with one attached hydrogen (secondary N) is 1. The zero-order valence-electron chi connectivity index (χ0n) is 11.1. The number of anilines is 1. The maximum absolute atomic E-state index is 10.5. The van der Waals surface area contributed by atoms with E-state index in [0.29, 0.717) is 6.54 Å². The molecular weight excluding hydrogens is 242 g/mol. The average molecular weight is 261 g/mol. The highest BCUT2D eigenvalue weighted by atomic mass is 16.3. The van der Waals surface area contributed by atoms with Gasteiger partial charge in [-0.05, 0) is 19.8 Å². The normalized spacial score (nSPS) is 18.6. The Kier molecular flexibility index (Phi) is 3.10. The van der Waals surface area contributed by atoms with Gasteiger partial charge < -0.3 is 10.4 Å². The molecule has 19 heavy (non-hydrogen) atoms. The van der Waals surface area contributed by atoms with Crippen molar-refractivity contribution in [3.63, 3.8) is 0 Å². The van der Waals surface area contributed by atoms with Crippen LogP contribution < -0.4 is 5.32 Å². The van der Waals surface area contributed by atoms with Crippen LogP contribution in [-0.4, -0.2) is 36.8 Å². The molecule has 0 aliphatic heterocycles. The Morgan fingerprint density at radius 1 is 1.37 bits per heavy atom. The molecule has 2 aromatic heterocycles. The van der Waals surface area contributed by atoms with Crippen LogP contribution in [0.2, 0.25) is 0 Å². The summed E-state index contributed by atoms with van der Waals surface area (Å²) >= 11 is 0. The van der Waals surface area contributed by atoms with Crippen molar-refractivity contribution in [3.05, 3.63) is 18.2 Å². The van der Waals surface area contributed by atoms with Crippen LogP contribution in [0.3, 0.4) is 0 Å². The largest absolute Gasteiger partial charge is 0.388 e. The lowest BCUT2D eigenvalue weighted by molar-refractivity contribution is 0.0166. The minimum atomic E-state index is -0.590. The highest BCUT2D eigenvalue weighted by Crippen LogP contribution is 2.28. The van der Waals surface area contributed by atoms with Gasteiger partial charge in [-0.3, -0.25) is 4.40 Å². The lowest BCUT2D eigenvalue weighted by Crippen LogP contribution is -2.39. The first-order chi connectivity index (χ1) is 9.16. The molecule has 0 atom stereocenters. The van der Waals surface area contributed by atoms with E-state index in [2.05, 4.69) is 20.5 Å². The van der Waals surface area contributed by atoms with Gasteiger partial charge in [0.25, 0.3) is 0 Å². The second-order valence-corrected chi connectivity index (χ2v) is 5.39. The SMILES string of the molecule is Cc1nc(NCC2(O)CCCCC2)cc2nncn12. The molecule has 1 aliphatic rings. The molecule has 1 aliphatic carbocycles. The van der Waals surface area contributed by atoms with Crippen LogP contribution in [0.4, 0.5) is 5.82 Å². The van der Waals surface area contributed by atoms with E-state index in [9.17, 15) is 5.11 Å². The van der Waals surface area contributed by atoms with Crippen molar-refractivity contribution < 1.29 is 5.11 Å². The van der Waals surface area contributed by atoms with Crippen molar-refractivity contribution in [2.45, 2.75) is 44.6 Å². The molecule has 1 fully saturated rings. The molecule has 2 aromatic rings. The highest BCUT2D eigenvalue weighted by molar-refractivity contribution is 5.49. The Morgan fingerprint density at radius 3 is 2.95 bits per heavy atom. The second-order valence-electron chi connectivity index (χ2n) is 5.39. The van der Waals surface area contributed by atoms with E-state index in [1.165, 1.54) is 6.42 Å². The van der Waals surface area contributed by atoms with Crippen molar-refractivity contribution in [1.29, 1.82) is 0 Å². The standard InChI is InChI=1S/C13H19N5O/c1-10-16-11(7-12-17-15-9-18(10)12)14-8-13(19)5-3-2-4-6-13/h7,9,14,19H,2-6,8H2,1H3. The van der Waals surface area contributed by atoms with Gasteiger partial charge in [-0.25, -0.2) is 4.98 Å². The third-order valence-corrected chi connectivity index (χ3v) is 3.85. The Bertz CT molecular complexity index is 573. The summed E-state index contributed by atoms with van der Waals surface area (Å²) in [6.07, 6.45) is 6.82. The fourth-order valence-electron chi connectivity index (χ4n) is 2.71. The second kappa shape index (κ2) is 4.77. The monoisotopic (exact) mass is 261 g/mol. The Balaban J connectivity index is 1.74. The number of aryl methyl sites for hydroxylation is 1. The molecule has 0 aromatic carbocycles. The predicted octanol–water partition coefficient (Wildman–Crippen LogP) is 1.54. The van der Waals surface area contributed by atoms with Crippen LogP contribution in [0, 0.1) is 6.92 Å². The fourth-order valence-corrected chi connectivity index (χ4v) is 2.71. The summed E-state index contributed by atoms with van der Waals surface area (Å²) in [5.74, 6) is 1.58. The molecule has 6 nitrogen and oxygen atoms in total. The first-order valence-corrected chi connectivity index (χ1v) is 6.80. The molecule has 2 heterocycles. The zero-order chi connectivity index (χ0) is 13.3. The van der Waals surface area contributed by atoms with Gasteiger partial charge in [-0.1, -0.05) is 19.3 Å². The number of fused-ring (bicyclic) bond motifs is 1. The summed E-state index contributed by atoms with van der Waals surface area (Å²) in [6.45, 7) is 2.46. The van der Waals surface area contributed by atoms with Crippen LogP contribution in [0.15, 0.2) is 12.4 Å². The van der Waals surface area contributed by atoms with Crippen LogP contribution in [0.5, 0.6) is 0 Å². The molecule has 1 saturated carbocycles. The number of aromatic nitrogens is 4. The molecule has 0 saturated heterocycles. The smallest absolute Gasteiger partial charge is 0.165 e. The number of hydrogen-bond donors (Lipinski definition) is 2. The van der Waals surface area contributed by atoms with E-state index in [0.717, 1.165) is 43.0 Å². The van der Waals surface area contributed by atoms with Gasteiger partial charge in [0.15, 0.2) is 5.65 Å². The average Bonchev–Trinajstić information content (AvgIpc) is 2.86.